The number of aromatic nitrogens is 2. The van der Waals surface area contributed by atoms with Crippen molar-refractivity contribution in [1.82, 2.24) is 15.5 Å². The average Bonchev–Trinajstić information content (AvgIpc) is 2.39. The van der Waals surface area contributed by atoms with Crippen molar-refractivity contribution < 1.29 is 0 Å². The minimum atomic E-state index is 1.04. The molecule has 0 saturated heterocycles. The summed E-state index contributed by atoms with van der Waals surface area (Å²) >= 11 is 0. The second kappa shape index (κ2) is 5.80. The Hall–Kier alpha value is -1.64. The van der Waals surface area contributed by atoms with Crippen LogP contribution in [0.3, 0.4) is 0 Å². The first-order valence-corrected chi connectivity index (χ1v) is 6.57. The lowest BCUT2D eigenvalue weighted by atomic mass is 9.94. The summed E-state index contributed by atoms with van der Waals surface area (Å²) in [7, 11) is 0. The van der Waals surface area contributed by atoms with E-state index >= 15 is 0 Å². The summed E-state index contributed by atoms with van der Waals surface area (Å²) in [6.07, 6.45) is 10.2. The van der Waals surface area contributed by atoms with E-state index in [2.05, 4.69) is 42.4 Å². The number of hydrogen-bond donors (Lipinski definition) is 1. The molecular formula is C15H21N3. The predicted octanol–water partition coefficient (Wildman–Crippen LogP) is 3.14. The molecule has 0 spiro atoms. The molecule has 2 rings (SSSR count). The molecule has 0 aliphatic heterocycles. The molecule has 0 radical (unpaired) electrons. The van der Waals surface area contributed by atoms with Gasteiger partial charge in [-0.2, -0.15) is 10.2 Å². The smallest absolute Gasteiger partial charge is 0.0531 e. The fraction of sp³-hybridized carbons (Fsp3) is 0.467. The van der Waals surface area contributed by atoms with Crippen LogP contribution in [0.5, 0.6) is 0 Å². The second-order valence-electron chi connectivity index (χ2n) is 4.90. The highest BCUT2D eigenvalue weighted by Gasteiger charge is 2.12. The summed E-state index contributed by atoms with van der Waals surface area (Å²) in [5, 5.41) is 11.5. The lowest BCUT2D eigenvalue weighted by Crippen LogP contribution is -2.16. The minimum Gasteiger partial charge on any atom is -0.363 e. The molecule has 18 heavy (non-hydrogen) atoms. The van der Waals surface area contributed by atoms with Gasteiger partial charge in [0.2, 0.25) is 0 Å². The summed E-state index contributed by atoms with van der Waals surface area (Å²) in [6, 6.07) is 0. The molecule has 1 aromatic heterocycles. The van der Waals surface area contributed by atoms with Crippen LogP contribution in [-0.2, 0) is 12.8 Å². The molecule has 0 saturated carbocycles. The van der Waals surface area contributed by atoms with E-state index in [1.54, 1.807) is 0 Å². The normalized spacial score (nSPS) is 20.9. The van der Waals surface area contributed by atoms with Crippen LogP contribution in [0.4, 0.5) is 0 Å². The monoisotopic (exact) mass is 243 g/mol. The Kier molecular flexibility index (Phi) is 4.13. The molecular weight excluding hydrogens is 222 g/mol. The number of nitrogens with one attached hydrogen (secondary N) is 1. The van der Waals surface area contributed by atoms with Gasteiger partial charge in [0, 0.05) is 11.4 Å². The number of nitrogens with zero attached hydrogens (tertiary/aromatic N) is 2. The highest BCUT2D eigenvalue weighted by molar-refractivity contribution is 5.27. The van der Waals surface area contributed by atoms with Crippen LogP contribution < -0.4 is 5.32 Å². The third kappa shape index (κ3) is 2.97. The largest absolute Gasteiger partial charge is 0.363 e. The molecule has 1 aliphatic rings. The van der Waals surface area contributed by atoms with Gasteiger partial charge in [0.25, 0.3) is 0 Å². The van der Waals surface area contributed by atoms with Crippen LogP contribution >= 0.6 is 0 Å². The molecule has 96 valence electrons. The Balaban J connectivity index is 2.18. The lowest BCUT2D eigenvalue weighted by Gasteiger charge is -2.19. The van der Waals surface area contributed by atoms with Gasteiger partial charge < -0.3 is 5.32 Å². The van der Waals surface area contributed by atoms with Gasteiger partial charge in [-0.25, -0.2) is 0 Å². The molecule has 0 bridgehead atoms. The third-order valence-electron chi connectivity index (χ3n) is 3.62. The van der Waals surface area contributed by atoms with Crippen molar-refractivity contribution in [2.24, 2.45) is 0 Å². The number of rotatable bonds is 2. The molecule has 1 aromatic rings. The molecule has 1 aliphatic carbocycles. The zero-order valence-electron chi connectivity index (χ0n) is 11.5. The lowest BCUT2D eigenvalue weighted by molar-refractivity contribution is 0.746. The van der Waals surface area contributed by atoms with Crippen molar-refractivity contribution in [3.05, 3.63) is 46.6 Å². The number of hydrogen-bond acceptors (Lipinski definition) is 3. The van der Waals surface area contributed by atoms with Gasteiger partial charge in [-0.1, -0.05) is 11.6 Å². The van der Waals surface area contributed by atoms with Gasteiger partial charge in [-0.3, -0.25) is 0 Å². The molecule has 3 nitrogen and oxygen atoms in total. The zero-order chi connectivity index (χ0) is 13.0. The highest BCUT2D eigenvalue weighted by atomic mass is 15.1. The second-order valence-corrected chi connectivity index (χ2v) is 4.90. The van der Waals surface area contributed by atoms with Crippen molar-refractivity contribution in [2.45, 2.75) is 46.5 Å². The predicted molar refractivity (Wildman–Crippen MR) is 73.9 cm³/mol. The Morgan fingerprint density at radius 3 is 2.33 bits per heavy atom. The summed E-state index contributed by atoms with van der Waals surface area (Å²) < 4.78 is 0. The maximum atomic E-state index is 3.99. The van der Waals surface area contributed by atoms with Gasteiger partial charge in [0.1, 0.15) is 0 Å². The van der Waals surface area contributed by atoms with Crippen LogP contribution in [-0.4, -0.2) is 10.2 Å². The van der Waals surface area contributed by atoms with Crippen molar-refractivity contribution in [3.63, 3.8) is 0 Å². The molecule has 0 unspecified atom stereocenters. The fourth-order valence-corrected chi connectivity index (χ4v) is 2.25. The molecule has 0 atom stereocenters. The fourth-order valence-electron chi connectivity index (χ4n) is 2.25. The Morgan fingerprint density at radius 1 is 1.11 bits per heavy atom. The number of allylic oxidation sites excluding steroid dienone is 4. The Bertz CT molecular complexity index is 486. The van der Waals surface area contributed by atoms with Crippen LogP contribution in [0.1, 0.15) is 44.7 Å². The van der Waals surface area contributed by atoms with Gasteiger partial charge >= 0.3 is 0 Å². The Morgan fingerprint density at radius 2 is 1.72 bits per heavy atom. The van der Waals surface area contributed by atoms with Crippen molar-refractivity contribution in [2.75, 3.05) is 0 Å². The molecule has 0 aromatic carbocycles. The number of aryl methyl sites for hydroxylation is 2. The minimum absolute atomic E-state index is 1.04. The van der Waals surface area contributed by atoms with Crippen LogP contribution in [0.2, 0.25) is 0 Å². The third-order valence-corrected chi connectivity index (χ3v) is 3.62. The molecule has 0 fully saturated rings. The molecule has 1 N–H and O–H groups in total. The average molecular weight is 243 g/mol. The van der Waals surface area contributed by atoms with E-state index in [0.717, 1.165) is 25.7 Å². The van der Waals surface area contributed by atoms with Crippen molar-refractivity contribution in [3.8, 4) is 0 Å². The first-order chi connectivity index (χ1) is 8.70. The molecule has 0 amide bonds. The van der Waals surface area contributed by atoms with Crippen molar-refractivity contribution in [1.29, 1.82) is 0 Å². The van der Waals surface area contributed by atoms with E-state index in [-0.39, 0.29) is 0 Å². The quantitative estimate of drug-likeness (QED) is 0.867. The summed E-state index contributed by atoms with van der Waals surface area (Å²) in [5.41, 5.74) is 6.74. The summed E-state index contributed by atoms with van der Waals surface area (Å²) in [5.74, 6) is 0. The Labute approximate surface area is 109 Å². The van der Waals surface area contributed by atoms with E-state index in [0.29, 0.717) is 0 Å². The van der Waals surface area contributed by atoms with E-state index in [4.69, 9.17) is 0 Å². The summed E-state index contributed by atoms with van der Waals surface area (Å²) in [4.78, 5) is 0. The standard InChI is InChI=1S/C15H21N3/c1-4-12(3)18-15-8-7-14-10-17-16-9-13(14)6-5-11(15)2/h4,9-10,18H,5-8H2,1-3H3/b12-4-,15-11+. The van der Waals surface area contributed by atoms with Gasteiger partial charge in [0.15, 0.2) is 0 Å². The van der Waals surface area contributed by atoms with E-state index in [1.165, 1.54) is 28.1 Å². The van der Waals surface area contributed by atoms with Gasteiger partial charge in [-0.15, -0.1) is 0 Å². The topological polar surface area (TPSA) is 37.8 Å². The van der Waals surface area contributed by atoms with Gasteiger partial charge in [-0.05, 0) is 57.6 Å². The molecule has 3 heteroatoms. The van der Waals surface area contributed by atoms with E-state index in [9.17, 15) is 0 Å². The zero-order valence-corrected chi connectivity index (χ0v) is 11.5. The van der Waals surface area contributed by atoms with Crippen molar-refractivity contribution >= 4 is 0 Å². The first kappa shape index (κ1) is 12.8. The maximum Gasteiger partial charge on any atom is 0.0531 e. The first-order valence-electron chi connectivity index (χ1n) is 6.57. The highest BCUT2D eigenvalue weighted by Crippen LogP contribution is 2.22. The van der Waals surface area contributed by atoms with Crippen LogP contribution in [0, 0.1) is 0 Å². The summed E-state index contributed by atoms with van der Waals surface area (Å²) in [6.45, 7) is 6.40. The van der Waals surface area contributed by atoms with E-state index < -0.39 is 0 Å². The SMILES string of the molecule is C/C=C(/C)N/C1=C(\C)CCc2cnncc2CC1. The molecule has 1 heterocycles. The van der Waals surface area contributed by atoms with Gasteiger partial charge in [0.05, 0.1) is 12.4 Å². The number of fused-ring (bicyclic) bond motifs is 1. The van der Waals surface area contributed by atoms with E-state index in [1.807, 2.05) is 12.4 Å². The van der Waals surface area contributed by atoms with Crippen LogP contribution in [0.25, 0.3) is 0 Å². The maximum absolute atomic E-state index is 3.99. The van der Waals surface area contributed by atoms with Crippen LogP contribution in [0.15, 0.2) is 35.4 Å².